The predicted molar refractivity (Wildman–Crippen MR) is 136 cm³/mol. The molecular formula is C29H34N2O6. The van der Waals surface area contributed by atoms with Crippen molar-refractivity contribution in [1.82, 2.24) is 9.80 Å². The monoisotopic (exact) mass is 506 g/mol. The summed E-state index contributed by atoms with van der Waals surface area (Å²) in [6, 6.07) is 10.2. The van der Waals surface area contributed by atoms with Gasteiger partial charge in [-0.3, -0.25) is 9.80 Å². The third-order valence-corrected chi connectivity index (χ3v) is 8.37. The van der Waals surface area contributed by atoms with Gasteiger partial charge in [0.15, 0.2) is 0 Å². The van der Waals surface area contributed by atoms with E-state index >= 15 is 0 Å². The number of benzene rings is 2. The van der Waals surface area contributed by atoms with Crippen LogP contribution in [0, 0.1) is 6.92 Å². The Morgan fingerprint density at radius 2 is 1.81 bits per heavy atom. The third-order valence-electron chi connectivity index (χ3n) is 8.37. The molecule has 0 saturated carbocycles. The number of morpholine rings is 1. The van der Waals surface area contributed by atoms with Crippen molar-refractivity contribution >= 4 is 11.9 Å². The minimum atomic E-state index is -0.639. The van der Waals surface area contributed by atoms with Crippen LogP contribution in [0.1, 0.15) is 61.6 Å². The summed E-state index contributed by atoms with van der Waals surface area (Å²) < 4.78 is 16.4. The van der Waals surface area contributed by atoms with Crippen molar-refractivity contribution in [2.45, 2.75) is 57.6 Å². The SMILES string of the molecule is Cc1c([C@H](O)CN2C3COCC2CN(CCc2ccc4c(c2)C[C@H](C)OC4=O)C3)ccc2c1COC2=O. The quantitative estimate of drug-likeness (QED) is 0.598. The second-order valence-corrected chi connectivity index (χ2v) is 10.9. The van der Waals surface area contributed by atoms with Crippen LogP contribution in [0.2, 0.25) is 0 Å². The van der Waals surface area contributed by atoms with E-state index in [4.69, 9.17) is 14.2 Å². The van der Waals surface area contributed by atoms with Gasteiger partial charge in [0.25, 0.3) is 0 Å². The first-order valence-corrected chi connectivity index (χ1v) is 13.2. The molecule has 0 radical (unpaired) electrons. The molecule has 4 aliphatic heterocycles. The first-order chi connectivity index (χ1) is 17.9. The fourth-order valence-corrected chi connectivity index (χ4v) is 6.38. The second-order valence-electron chi connectivity index (χ2n) is 10.9. The Balaban J connectivity index is 1.09. The number of aliphatic hydroxyl groups is 1. The minimum Gasteiger partial charge on any atom is -0.459 e. The summed E-state index contributed by atoms with van der Waals surface area (Å²) in [5.74, 6) is -0.502. The van der Waals surface area contributed by atoms with Gasteiger partial charge in [-0.05, 0) is 54.7 Å². The molecule has 0 aromatic heterocycles. The van der Waals surface area contributed by atoms with E-state index in [1.807, 2.05) is 32.0 Å². The summed E-state index contributed by atoms with van der Waals surface area (Å²) in [5.41, 5.74) is 6.34. The number of hydrogen-bond acceptors (Lipinski definition) is 8. The molecule has 2 fully saturated rings. The number of ether oxygens (including phenoxy) is 3. The number of rotatable bonds is 6. The normalized spacial score (nSPS) is 26.3. The van der Waals surface area contributed by atoms with Crippen LogP contribution in [0.25, 0.3) is 0 Å². The Labute approximate surface area is 217 Å². The van der Waals surface area contributed by atoms with Crippen molar-refractivity contribution in [3.63, 3.8) is 0 Å². The Morgan fingerprint density at radius 1 is 1.05 bits per heavy atom. The van der Waals surface area contributed by atoms with Crippen molar-refractivity contribution in [1.29, 1.82) is 0 Å². The maximum absolute atomic E-state index is 12.1. The molecule has 6 rings (SSSR count). The van der Waals surface area contributed by atoms with Crippen LogP contribution in [0.4, 0.5) is 0 Å². The number of aliphatic hydroxyl groups excluding tert-OH is 1. The van der Waals surface area contributed by atoms with Crippen LogP contribution in [0.15, 0.2) is 30.3 Å². The number of nitrogens with zero attached hydrogens (tertiary/aromatic N) is 2. The maximum atomic E-state index is 12.1. The minimum absolute atomic E-state index is 0.0746. The van der Waals surface area contributed by atoms with Crippen LogP contribution < -0.4 is 0 Å². The Hall–Kier alpha value is -2.78. The lowest BCUT2D eigenvalue weighted by molar-refractivity contribution is -0.108. The molecule has 2 saturated heterocycles. The van der Waals surface area contributed by atoms with E-state index in [1.54, 1.807) is 6.07 Å². The summed E-state index contributed by atoms with van der Waals surface area (Å²) >= 11 is 0. The van der Waals surface area contributed by atoms with Gasteiger partial charge in [0, 0.05) is 50.2 Å². The molecule has 2 bridgehead atoms. The van der Waals surface area contributed by atoms with Gasteiger partial charge in [0.2, 0.25) is 0 Å². The predicted octanol–water partition coefficient (Wildman–Crippen LogP) is 2.43. The summed E-state index contributed by atoms with van der Waals surface area (Å²) in [4.78, 5) is 28.9. The second kappa shape index (κ2) is 9.83. The number of hydrogen-bond donors (Lipinski definition) is 1. The maximum Gasteiger partial charge on any atom is 0.338 e. The molecule has 4 heterocycles. The largest absolute Gasteiger partial charge is 0.459 e. The van der Waals surface area contributed by atoms with E-state index in [0.717, 1.165) is 54.7 Å². The van der Waals surface area contributed by atoms with Crippen LogP contribution in [0.5, 0.6) is 0 Å². The van der Waals surface area contributed by atoms with Crippen LogP contribution >= 0.6 is 0 Å². The molecule has 196 valence electrons. The highest BCUT2D eigenvalue weighted by Crippen LogP contribution is 2.31. The van der Waals surface area contributed by atoms with Gasteiger partial charge in [-0.1, -0.05) is 18.2 Å². The van der Waals surface area contributed by atoms with E-state index in [1.165, 1.54) is 5.56 Å². The van der Waals surface area contributed by atoms with E-state index in [2.05, 4.69) is 15.9 Å². The highest BCUT2D eigenvalue weighted by molar-refractivity contribution is 5.94. The van der Waals surface area contributed by atoms with Crippen molar-refractivity contribution in [3.05, 3.63) is 69.3 Å². The zero-order valence-electron chi connectivity index (χ0n) is 21.4. The molecule has 2 aromatic rings. The zero-order chi connectivity index (χ0) is 25.7. The molecule has 0 amide bonds. The molecule has 1 N–H and O–H groups in total. The molecule has 37 heavy (non-hydrogen) atoms. The van der Waals surface area contributed by atoms with E-state index in [9.17, 15) is 14.7 Å². The highest BCUT2D eigenvalue weighted by Gasteiger charge is 2.39. The Morgan fingerprint density at radius 3 is 2.59 bits per heavy atom. The number of carbonyl (C=O) groups is 2. The van der Waals surface area contributed by atoms with Crippen molar-refractivity contribution in [3.8, 4) is 0 Å². The molecule has 0 spiro atoms. The number of esters is 2. The lowest BCUT2D eigenvalue weighted by Gasteiger charge is -2.50. The van der Waals surface area contributed by atoms with Crippen molar-refractivity contribution in [2.24, 2.45) is 0 Å². The summed E-state index contributed by atoms with van der Waals surface area (Å²) in [6.07, 6.45) is 0.980. The highest BCUT2D eigenvalue weighted by atomic mass is 16.5. The Bertz CT molecular complexity index is 1220. The molecule has 2 unspecified atom stereocenters. The summed E-state index contributed by atoms with van der Waals surface area (Å²) in [5, 5.41) is 11.2. The number of fused-ring (bicyclic) bond motifs is 4. The van der Waals surface area contributed by atoms with Crippen LogP contribution in [0.3, 0.4) is 0 Å². The fourth-order valence-electron chi connectivity index (χ4n) is 6.38. The van der Waals surface area contributed by atoms with Gasteiger partial charge < -0.3 is 19.3 Å². The first-order valence-electron chi connectivity index (χ1n) is 13.2. The standard InChI is InChI=1S/C29H34N2O6/c1-17-9-20-10-19(3-4-24(20)29(34)37-17)7-8-30-11-21-14-35-15-22(12-30)31(21)13-27(32)23-5-6-25-26(18(23)2)16-36-28(25)33/h3-6,10,17,21-22,27,32H,7-9,11-16H2,1-2H3/t17-,21?,22?,27+/m0/s1. The zero-order valence-corrected chi connectivity index (χ0v) is 21.4. The lowest BCUT2D eigenvalue weighted by Crippen LogP contribution is -2.65. The van der Waals surface area contributed by atoms with Gasteiger partial charge in [-0.2, -0.15) is 0 Å². The topological polar surface area (TPSA) is 88.5 Å². The summed E-state index contributed by atoms with van der Waals surface area (Å²) in [7, 11) is 0. The van der Waals surface area contributed by atoms with Gasteiger partial charge in [0.05, 0.1) is 30.4 Å². The molecular weight excluding hydrogens is 472 g/mol. The molecule has 8 nitrogen and oxygen atoms in total. The number of carbonyl (C=O) groups excluding carboxylic acids is 2. The van der Waals surface area contributed by atoms with E-state index < -0.39 is 6.10 Å². The average molecular weight is 507 g/mol. The molecule has 4 aliphatic rings. The third kappa shape index (κ3) is 4.68. The average Bonchev–Trinajstić information content (AvgIpc) is 3.24. The number of cyclic esters (lactones) is 2. The van der Waals surface area contributed by atoms with E-state index in [0.29, 0.717) is 30.9 Å². The van der Waals surface area contributed by atoms with Crippen molar-refractivity contribution in [2.75, 3.05) is 39.4 Å². The van der Waals surface area contributed by atoms with Gasteiger partial charge in [-0.15, -0.1) is 0 Å². The lowest BCUT2D eigenvalue weighted by atomic mass is 9.94. The molecule has 8 heteroatoms. The Kier molecular flexibility index (Phi) is 6.52. The molecule has 4 atom stereocenters. The fraction of sp³-hybridized carbons (Fsp3) is 0.517. The first kappa shape index (κ1) is 24.6. The van der Waals surface area contributed by atoms with Crippen molar-refractivity contribution < 1.29 is 28.9 Å². The van der Waals surface area contributed by atoms with Gasteiger partial charge in [-0.25, -0.2) is 9.59 Å². The summed E-state index contributed by atoms with van der Waals surface area (Å²) in [6.45, 7) is 8.77. The van der Waals surface area contributed by atoms with Gasteiger partial charge in [0.1, 0.15) is 12.7 Å². The molecule has 2 aromatic carbocycles. The van der Waals surface area contributed by atoms with E-state index in [-0.39, 0.29) is 36.7 Å². The van der Waals surface area contributed by atoms with Crippen LogP contribution in [-0.2, 0) is 33.7 Å². The molecule has 0 aliphatic carbocycles. The van der Waals surface area contributed by atoms with Crippen LogP contribution in [-0.4, -0.2) is 84.4 Å². The number of piperazine rings is 1. The smallest absolute Gasteiger partial charge is 0.338 e. The van der Waals surface area contributed by atoms with Gasteiger partial charge >= 0.3 is 11.9 Å².